The van der Waals surface area contributed by atoms with Crippen LogP contribution in [0.1, 0.15) is 20.8 Å². The zero-order valence-corrected chi connectivity index (χ0v) is 12.6. The van der Waals surface area contributed by atoms with Gasteiger partial charge in [0.25, 0.3) is 0 Å². The first kappa shape index (κ1) is 16.8. The number of amides is 2. The summed E-state index contributed by atoms with van der Waals surface area (Å²) < 4.78 is 5.00. The van der Waals surface area contributed by atoms with E-state index in [1.807, 2.05) is 0 Å². The van der Waals surface area contributed by atoms with E-state index in [1.54, 1.807) is 24.3 Å². The van der Waals surface area contributed by atoms with Gasteiger partial charge in [-0.05, 0) is 36.1 Å². The summed E-state index contributed by atoms with van der Waals surface area (Å²) in [7, 11) is 0. The first-order valence-corrected chi connectivity index (χ1v) is 6.88. The average molecular weight is 294 g/mol. The van der Waals surface area contributed by atoms with E-state index < -0.39 is 5.97 Å². The summed E-state index contributed by atoms with van der Waals surface area (Å²) in [6.45, 7) is 6.53. The summed E-state index contributed by atoms with van der Waals surface area (Å²) in [4.78, 5) is 22.1. The third-order valence-electron chi connectivity index (χ3n) is 3.20. The SMILES string of the molecule is CC(C)C(C)CNC(=O)Nc1ccc(OCC(=O)O)cc1. The van der Waals surface area contributed by atoms with Crippen molar-refractivity contribution in [1.29, 1.82) is 0 Å². The van der Waals surface area contributed by atoms with Crippen LogP contribution in [0.4, 0.5) is 10.5 Å². The lowest BCUT2D eigenvalue weighted by Gasteiger charge is -2.16. The highest BCUT2D eigenvalue weighted by Crippen LogP contribution is 2.15. The Morgan fingerprint density at radius 3 is 2.33 bits per heavy atom. The van der Waals surface area contributed by atoms with Crippen LogP contribution in [0.25, 0.3) is 0 Å². The lowest BCUT2D eigenvalue weighted by molar-refractivity contribution is -0.139. The van der Waals surface area contributed by atoms with Gasteiger partial charge in [-0.2, -0.15) is 0 Å². The number of urea groups is 1. The molecule has 1 unspecified atom stereocenters. The van der Waals surface area contributed by atoms with Crippen molar-refractivity contribution >= 4 is 17.7 Å². The second kappa shape index (κ2) is 8.14. The molecule has 3 N–H and O–H groups in total. The predicted molar refractivity (Wildman–Crippen MR) is 80.6 cm³/mol. The lowest BCUT2D eigenvalue weighted by atomic mass is 9.98. The third kappa shape index (κ3) is 6.65. The Hall–Kier alpha value is -2.24. The van der Waals surface area contributed by atoms with E-state index in [-0.39, 0.29) is 12.6 Å². The van der Waals surface area contributed by atoms with Crippen LogP contribution >= 0.6 is 0 Å². The highest BCUT2D eigenvalue weighted by Gasteiger charge is 2.09. The van der Waals surface area contributed by atoms with Gasteiger partial charge in [-0.1, -0.05) is 20.8 Å². The number of nitrogens with one attached hydrogen (secondary N) is 2. The van der Waals surface area contributed by atoms with Gasteiger partial charge in [0.15, 0.2) is 6.61 Å². The van der Waals surface area contributed by atoms with E-state index in [1.165, 1.54) is 0 Å². The summed E-state index contributed by atoms with van der Waals surface area (Å²) in [6.07, 6.45) is 0. The number of rotatable bonds is 7. The Balaban J connectivity index is 2.41. The first-order valence-electron chi connectivity index (χ1n) is 6.88. The second-order valence-corrected chi connectivity index (χ2v) is 5.26. The molecular weight excluding hydrogens is 272 g/mol. The molecule has 0 aliphatic heterocycles. The smallest absolute Gasteiger partial charge is 0.341 e. The maximum atomic E-state index is 11.7. The van der Waals surface area contributed by atoms with E-state index in [2.05, 4.69) is 31.4 Å². The number of aliphatic carboxylic acids is 1. The standard InChI is InChI=1S/C15H22N2O4/c1-10(2)11(3)8-16-15(20)17-12-4-6-13(7-5-12)21-9-14(18)19/h4-7,10-11H,8-9H2,1-3H3,(H,18,19)(H2,16,17,20). The highest BCUT2D eigenvalue weighted by atomic mass is 16.5. The maximum Gasteiger partial charge on any atom is 0.341 e. The maximum absolute atomic E-state index is 11.7. The van der Waals surface area contributed by atoms with Crippen molar-refractivity contribution < 1.29 is 19.4 Å². The topological polar surface area (TPSA) is 87.7 Å². The monoisotopic (exact) mass is 294 g/mol. The van der Waals surface area contributed by atoms with E-state index in [4.69, 9.17) is 9.84 Å². The Kier molecular flexibility index (Phi) is 6.52. The number of hydrogen-bond donors (Lipinski definition) is 3. The zero-order chi connectivity index (χ0) is 15.8. The zero-order valence-electron chi connectivity index (χ0n) is 12.6. The molecule has 0 aliphatic rings. The molecule has 0 spiro atoms. The minimum atomic E-state index is -1.03. The second-order valence-electron chi connectivity index (χ2n) is 5.26. The quantitative estimate of drug-likeness (QED) is 0.721. The average Bonchev–Trinajstić information content (AvgIpc) is 2.43. The van der Waals surface area contributed by atoms with Gasteiger partial charge in [0.2, 0.25) is 0 Å². The molecule has 1 atom stereocenters. The molecule has 0 heterocycles. The van der Waals surface area contributed by atoms with Gasteiger partial charge >= 0.3 is 12.0 Å². The van der Waals surface area contributed by atoms with E-state index in [0.29, 0.717) is 29.8 Å². The number of anilines is 1. The molecule has 0 saturated heterocycles. The fourth-order valence-electron chi connectivity index (χ4n) is 1.44. The summed E-state index contributed by atoms with van der Waals surface area (Å²) in [5.41, 5.74) is 0.618. The van der Waals surface area contributed by atoms with Crippen LogP contribution in [0, 0.1) is 11.8 Å². The van der Waals surface area contributed by atoms with E-state index >= 15 is 0 Å². The van der Waals surface area contributed by atoms with Crippen LogP contribution in [-0.2, 0) is 4.79 Å². The Bertz CT molecular complexity index is 471. The number of carbonyl (C=O) groups is 2. The molecule has 0 saturated carbocycles. The van der Waals surface area contributed by atoms with Gasteiger partial charge < -0.3 is 20.5 Å². The summed E-state index contributed by atoms with van der Waals surface area (Å²) in [5, 5.41) is 14.0. The first-order chi connectivity index (χ1) is 9.88. The molecule has 0 fully saturated rings. The number of carboxylic acid groups (broad SMARTS) is 1. The van der Waals surface area contributed by atoms with E-state index in [9.17, 15) is 9.59 Å². The number of ether oxygens (including phenoxy) is 1. The molecule has 0 radical (unpaired) electrons. The van der Waals surface area contributed by atoms with Gasteiger partial charge in [-0.15, -0.1) is 0 Å². The third-order valence-corrected chi connectivity index (χ3v) is 3.20. The number of hydrogen-bond acceptors (Lipinski definition) is 3. The lowest BCUT2D eigenvalue weighted by Crippen LogP contribution is -2.33. The predicted octanol–water partition coefficient (Wildman–Crippen LogP) is 2.56. The molecule has 2 amide bonds. The molecule has 0 aromatic heterocycles. The van der Waals surface area contributed by atoms with Gasteiger partial charge in [-0.3, -0.25) is 0 Å². The van der Waals surface area contributed by atoms with Crippen molar-refractivity contribution in [3.63, 3.8) is 0 Å². The molecule has 0 aliphatic carbocycles. The Labute approximate surface area is 124 Å². The fraction of sp³-hybridized carbons (Fsp3) is 0.467. The normalized spacial score (nSPS) is 11.8. The molecule has 21 heavy (non-hydrogen) atoms. The van der Waals surface area contributed by atoms with Gasteiger partial charge in [-0.25, -0.2) is 9.59 Å². The largest absolute Gasteiger partial charge is 0.482 e. The van der Waals surface area contributed by atoms with Crippen LogP contribution in [0.3, 0.4) is 0 Å². The minimum Gasteiger partial charge on any atom is -0.482 e. The van der Waals surface area contributed by atoms with Crippen molar-refractivity contribution in [2.24, 2.45) is 11.8 Å². The number of carboxylic acids is 1. The molecule has 116 valence electrons. The molecule has 1 rings (SSSR count). The summed E-state index contributed by atoms with van der Waals surface area (Å²) >= 11 is 0. The number of carbonyl (C=O) groups excluding carboxylic acids is 1. The van der Waals surface area contributed by atoms with Crippen molar-refractivity contribution in [2.45, 2.75) is 20.8 Å². The minimum absolute atomic E-state index is 0.262. The highest BCUT2D eigenvalue weighted by molar-refractivity contribution is 5.89. The van der Waals surface area contributed by atoms with Crippen LogP contribution < -0.4 is 15.4 Å². The molecule has 6 heteroatoms. The molecular formula is C15H22N2O4. The van der Waals surface area contributed by atoms with Crippen LogP contribution in [0.15, 0.2) is 24.3 Å². The molecule has 1 aromatic carbocycles. The van der Waals surface area contributed by atoms with Crippen molar-refractivity contribution in [1.82, 2.24) is 5.32 Å². The van der Waals surface area contributed by atoms with Crippen LogP contribution in [0.5, 0.6) is 5.75 Å². The van der Waals surface area contributed by atoms with Crippen LogP contribution in [-0.4, -0.2) is 30.3 Å². The summed E-state index contributed by atoms with van der Waals surface area (Å²) in [5.74, 6) is 0.325. The van der Waals surface area contributed by atoms with Crippen molar-refractivity contribution in [3.8, 4) is 5.75 Å². The van der Waals surface area contributed by atoms with Gasteiger partial charge in [0.05, 0.1) is 0 Å². The Morgan fingerprint density at radius 1 is 1.19 bits per heavy atom. The molecule has 6 nitrogen and oxygen atoms in total. The molecule has 0 bridgehead atoms. The van der Waals surface area contributed by atoms with E-state index in [0.717, 1.165) is 0 Å². The van der Waals surface area contributed by atoms with Gasteiger partial charge in [0.1, 0.15) is 5.75 Å². The summed E-state index contributed by atoms with van der Waals surface area (Å²) in [6, 6.07) is 6.26. The van der Waals surface area contributed by atoms with Crippen molar-refractivity contribution in [2.75, 3.05) is 18.5 Å². The van der Waals surface area contributed by atoms with Crippen molar-refractivity contribution in [3.05, 3.63) is 24.3 Å². The van der Waals surface area contributed by atoms with Gasteiger partial charge in [0, 0.05) is 12.2 Å². The Morgan fingerprint density at radius 2 is 1.81 bits per heavy atom. The van der Waals surface area contributed by atoms with Crippen LogP contribution in [0.2, 0.25) is 0 Å². The fourth-order valence-corrected chi connectivity index (χ4v) is 1.44. The number of benzene rings is 1. The molecule has 1 aromatic rings.